The lowest BCUT2D eigenvalue weighted by molar-refractivity contribution is 0.0594. The minimum absolute atomic E-state index is 0.148. The van der Waals surface area contributed by atoms with Crippen LogP contribution in [0.3, 0.4) is 0 Å². The fourth-order valence-corrected chi connectivity index (χ4v) is 8.91. The number of methoxy groups -OCH3 is 1. The van der Waals surface area contributed by atoms with Crippen molar-refractivity contribution in [1.29, 1.82) is 0 Å². The van der Waals surface area contributed by atoms with Crippen LogP contribution in [0.15, 0.2) is 10.7 Å². The molecule has 6 nitrogen and oxygen atoms in total. The molecule has 0 saturated heterocycles. The van der Waals surface area contributed by atoms with E-state index in [9.17, 15) is 4.79 Å². The van der Waals surface area contributed by atoms with Crippen molar-refractivity contribution < 1.29 is 18.4 Å². The summed E-state index contributed by atoms with van der Waals surface area (Å²) >= 11 is 0. The number of carbonyl (C=O) groups excluding carboxylic acids is 1. The van der Waals surface area contributed by atoms with Gasteiger partial charge in [0.25, 0.3) is 0 Å². The SMILES string of the molecule is COC(=O)c1coc(CC(N)O[Si](C(C)C)(C(C)C)C(C)C)n1. The number of carbonyl (C=O) groups is 1. The minimum atomic E-state index is -2.05. The number of hydrogen-bond donors (Lipinski definition) is 1. The first-order valence-corrected chi connectivity index (χ1v) is 10.2. The van der Waals surface area contributed by atoms with E-state index in [1.165, 1.54) is 13.4 Å². The quantitative estimate of drug-likeness (QED) is 0.442. The highest BCUT2D eigenvalue weighted by Gasteiger charge is 2.46. The predicted octanol–water partition coefficient (Wildman–Crippen LogP) is 3.48. The Balaban J connectivity index is 2.86. The van der Waals surface area contributed by atoms with Crippen molar-refractivity contribution in [3.63, 3.8) is 0 Å². The van der Waals surface area contributed by atoms with Gasteiger partial charge in [0.05, 0.1) is 13.5 Å². The van der Waals surface area contributed by atoms with Gasteiger partial charge in [-0.25, -0.2) is 9.78 Å². The molecule has 1 rings (SSSR count). The molecule has 23 heavy (non-hydrogen) atoms. The van der Waals surface area contributed by atoms with Crippen molar-refractivity contribution >= 4 is 14.3 Å². The Kier molecular flexibility index (Phi) is 6.97. The van der Waals surface area contributed by atoms with E-state index < -0.39 is 20.5 Å². The third-order valence-electron chi connectivity index (χ3n) is 4.38. The summed E-state index contributed by atoms with van der Waals surface area (Å²) in [5.41, 5.74) is 7.71. The molecule has 0 fully saturated rings. The average molecular weight is 343 g/mol. The number of esters is 1. The molecule has 1 aromatic heterocycles. The molecular formula is C16H30N2O4Si. The number of hydrogen-bond acceptors (Lipinski definition) is 6. The average Bonchev–Trinajstić information content (AvgIpc) is 2.91. The summed E-state index contributed by atoms with van der Waals surface area (Å²) in [5, 5.41) is 0. The van der Waals surface area contributed by atoms with E-state index >= 15 is 0 Å². The van der Waals surface area contributed by atoms with Gasteiger partial charge in [0.1, 0.15) is 12.5 Å². The maximum Gasteiger partial charge on any atom is 0.360 e. The van der Waals surface area contributed by atoms with Gasteiger partial charge in [0.2, 0.25) is 8.32 Å². The smallest absolute Gasteiger partial charge is 0.360 e. The molecule has 2 N–H and O–H groups in total. The molecule has 0 aliphatic carbocycles. The summed E-state index contributed by atoms with van der Waals surface area (Å²) in [5.74, 6) is -0.137. The van der Waals surface area contributed by atoms with Crippen LogP contribution in [0.25, 0.3) is 0 Å². The summed E-state index contributed by atoms with van der Waals surface area (Å²) in [7, 11) is -0.748. The van der Waals surface area contributed by atoms with Crippen molar-refractivity contribution in [2.75, 3.05) is 7.11 Å². The fourth-order valence-electron chi connectivity index (χ4n) is 3.49. The van der Waals surface area contributed by atoms with Crippen LogP contribution in [-0.4, -0.2) is 32.6 Å². The molecule has 0 aliphatic heterocycles. The second-order valence-electron chi connectivity index (χ2n) is 6.80. The molecule has 1 aromatic rings. The van der Waals surface area contributed by atoms with Crippen molar-refractivity contribution in [2.24, 2.45) is 5.73 Å². The number of ether oxygens (including phenoxy) is 1. The monoisotopic (exact) mass is 342 g/mol. The van der Waals surface area contributed by atoms with Crippen LogP contribution in [0.5, 0.6) is 0 Å². The zero-order chi connectivity index (χ0) is 17.8. The summed E-state index contributed by atoms with van der Waals surface area (Å²) in [6, 6.07) is 0. The summed E-state index contributed by atoms with van der Waals surface area (Å²) < 4.78 is 16.3. The summed E-state index contributed by atoms with van der Waals surface area (Å²) in [4.78, 5) is 15.5. The highest BCUT2D eigenvalue weighted by atomic mass is 28.4. The molecule has 0 aromatic carbocycles. The third-order valence-corrected chi connectivity index (χ3v) is 10.5. The number of aromatic nitrogens is 1. The molecule has 1 unspecified atom stereocenters. The van der Waals surface area contributed by atoms with Crippen molar-refractivity contribution in [1.82, 2.24) is 4.98 Å². The molecule has 0 spiro atoms. The third kappa shape index (κ3) is 4.42. The zero-order valence-corrected chi connectivity index (χ0v) is 16.3. The van der Waals surface area contributed by atoms with Gasteiger partial charge in [-0.1, -0.05) is 41.5 Å². The number of nitrogens with zero attached hydrogens (tertiary/aromatic N) is 1. The Labute approximate surface area is 139 Å². The zero-order valence-electron chi connectivity index (χ0n) is 15.3. The van der Waals surface area contributed by atoms with Gasteiger partial charge in [-0.2, -0.15) is 0 Å². The predicted molar refractivity (Wildman–Crippen MR) is 91.7 cm³/mol. The standard InChI is InChI=1S/C16H30N2O4Si/c1-10(2)23(11(3)4,12(5)6)22-14(17)8-15-18-13(9-21-15)16(19)20-7/h9-12,14H,8,17H2,1-7H3. The maximum atomic E-state index is 11.4. The topological polar surface area (TPSA) is 87.6 Å². The molecular weight excluding hydrogens is 312 g/mol. The second kappa shape index (κ2) is 8.08. The largest absolute Gasteiger partial charge is 0.464 e. The van der Waals surface area contributed by atoms with Gasteiger partial charge in [-0.3, -0.25) is 0 Å². The van der Waals surface area contributed by atoms with Crippen molar-refractivity contribution in [3.05, 3.63) is 17.8 Å². The van der Waals surface area contributed by atoms with Gasteiger partial charge in [0, 0.05) is 0 Å². The molecule has 0 aliphatic rings. The van der Waals surface area contributed by atoms with Gasteiger partial charge in [0.15, 0.2) is 11.6 Å². The molecule has 7 heteroatoms. The Hall–Kier alpha value is -1.18. The highest BCUT2D eigenvalue weighted by molar-refractivity contribution is 6.77. The lowest BCUT2D eigenvalue weighted by Crippen LogP contribution is -2.52. The van der Waals surface area contributed by atoms with Gasteiger partial charge >= 0.3 is 5.97 Å². The second-order valence-corrected chi connectivity index (χ2v) is 12.2. The number of oxazole rings is 1. The van der Waals surface area contributed by atoms with Gasteiger partial charge in [-0.05, 0) is 16.6 Å². The number of rotatable bonds is 8. The van der Waals surface area contributed by atoms with E-state index in [0.717, 1.165) is 0 Å². The Morgan fingerprint density at radius 1 is 1.22 bits per heavy atom. The van der Waals surface area contributed by atoms with Crippen LogP contribution < -0.4 is 5.73 Å². The number of nitrogens with two attached hydrogens (primary N) is 1. The van der Waals surface area contributed by atoms with E-state index in [1.807, 2.05) is 0 Å². The van der Waals surface area contributed by atoms with E-state index in [2.05, 4.69) is 51.3 Å². The Bertz CT molecular complexity index is 492. The van der Waals surface area contributed by atoms with Gasteiger partial charge < -0.3 is 19.3 Å². The molecule has 0 radical (unpaired) electrons. The summed E-state index contributed by atoms with van der Waals surface area (Å²) in [6.45, 7) is 13.2. The normalized spacial score (nSPS) is 13.9. The first-order valence-electron chi connectivity index (χ1n) is 8.11. The Morgan fingerprint density at radius 2 is 1.74 bits per heavy atom. The molecule has 0 amide bonds. The molecule has 0 saturated carbocycles. The van der Waals surface area contributed by atoms with Crippen molar-refractivity contribution in [3.8, 4) is 0 Å². The molecule has 0 bridgehead atoms. The van der Waals surface area contributed by atoms with Crippen LogP contribution in [0.1, 0.15) is 57.9 Å². The first kappa shape index (κ1) is 19.9. The molecule has 1 heterocycles. The van der Waals surface area contributed by atoms with Crippen LogP contribution in [-0.2, 0) is 15.6 Å². The van der Waals surface area contributed by atoms with Crippen molar-refractivity contribution in [2.45, 2.75) is 70.8 Å². The van der Waals surface area contributed by atoms with E-state index in [4.69, 9.17) is 14.6 Å². The fraction of sp³-hybridized carbons (Fsp3) is 0.750. The summed E-state index contributed by atoms with van der Waals surface area (Å²) in [6.07, 6.45) is 1.11. The van der Waals surface area contributed by atoms with Crippen LogP contribution >= 0.6 is 0 Å². The Morgan fingerprint density at radius 3 is 2.17 bits per heavy atom. The van der Waals surface area contributed by atoms with Crippen LogP contribution in [0, 0.1) is 0 Å². The van der Waals surface area contributed by atoms with Crippen LogP contribution in [0.2, 0.25) is 16.6 Å². The molecule has 1 atom stereocenters. The van der Waals surface area contributed by atoms with E-state index in [1.54, 1.807) is 0 Å². The highest BCUT2D eigenvalue weighted by Crippen LogP contribution is 2.42. The first-order chi connectivity index (χ1) is 10.6. The van der Waals surface area contributed by atoms with Crippen LogP contribution in [0.4, 0.5) is 0 Å². The lowest BCUT2D eigenvalue weighted by Gasteiger charge is -2.43. The van der Waals surface area contributed by atoms with Gasteiger partial charge in [-0.15, -0.1) is 0 Å². The minimum Gasteiger partial charge on any atom is -0.464 e. The molecule has 132 valence electrons. The maximum absolute atomic E-state index is 11.4. The lowest BCUT2D eigenvalue weighted by atomic mass is 10.4. The van der Waals surface area contributed by atoms with E-state index in [-0.39, 0.29) is 5.69 Å². The van der Waals surface area contributed by atoms with E-state index in [0.29, 0.717) is 28.9 Å².